The number of fused-ring (bicyclic) bond motifs is 1. The van der Waals surface area contributed by atoms with E-state index in [9.17, 15) is 0 Å². The SMILES string of the molecule is CCC(C(=N)N)N1CCCOc2ccccc21. The number of ether oxygens (including phenoxy) is 1. The van der Waals surface area contributed by atoms with E-state index in [1.54, 1.807) is 0 Å². The summed E-state index contributed by atoms with van der Waals surface area (Å²) in [6.45, 7) is 3.66. The van der Waals surface area contributed by atoms with E-state index >= 15 is 0 Å². The van der Waals surface area contributed by atoms with Crippen molar-refractivity contribution in [1.29, 1.82) is 5.41 Å². The largest absolute Gasteiger partial charge is 0.491 e. The van der Waals surface area contributed by atoms with Crippen molar-refractivity contribution in [1.82, 2.24) is 0 Å². The summed E-state index contributed by atoms with van der Waals surface area (Å²) in [5.41, 5.74) is 6.74. The molecule has 92 valence electrons. The molecule has 2 rings (SSSR count). The van der Waals surface area contributed by atoms with Crippen LogP contribution in [-0.4, -0.2) is 25.0 Å². The van der Waals surface area contributed by atoms with Gasteiger partial charge in [0, 0.05) is 6.54 Å². The number of nitrogens with zero attached hydrogens (tertiary/aromatic N) is 1. The number of benzene rings is 1. The maximum Gasteiger partial charge on any atom is 0.142 e. The Morgan fingerprint density at radius 1 is 1.53 bits per heavy atom. The van der Waals surface area contributed by atoms with Crippen molar-refractivity contribution < 1.29 is 4.74 Å². The molecule has 4 heteroatoms. The van der Waals surface area contributed by atoms with Crippen LogP contribution in [0.4, 0.5) is 5.69 Å². The third-order valence-corrected chi connectivity index (χ3v) is 3.10. The summed E-state index contributed by atoms with van der Waals surface area (Å²) in [6.07, 6.45) is 1.79. The van der Waals surface area contributed by atoms with Crippen LogP contribution in [0.25, 0.3) is 0 Å². The topological polar surface area (TPSA) is 62.3 Å². The zero-order valence-electron chi connectivity index (χ0n) is 10.1. The predicted molar refractivity (Wildman–Crippen MR) is 69.9 cm³/mol. The number of anilines is 1. The number of nitrogens with two attached hydrogens (primary N) is 1. The van der Waals surface area contributed by atoms with E-state index in [1.165, 1.54) is 0 Å². The van der Waals surface area contributed by atoms with Crippen LogP contribution >= 0.6 is 0 Å². The molecule has 0 aromatic heterocycles. The Morgan fingerprint density at radius 3 is 3.00 bits per heavy atom. The van der Waals surface area contributed by atoms with Crippen molar-refractivity contribution in [2.45, 2.75) is 25.8 Å². The summed E-state index contributed by atoms with van der Waals surface area (Å²) in [7, 11) is 0. The van der Waals surface area contributed by atoms with E-state index in [0.717, 1.165) is 37.4 Å². The van der Waals surface area contributed by atoms with Crippen molar-refractivity contribution in [3.05, 3.63) is 24.3 Å². The van der Waals surface area contributed by atoms with Crippen molar-refractivity contribution in [2.24, 2.45) is 5.73 Å². The molecule has 0 fully saturated rings. The molecule has 1 aliphatic rings. The van der Waals surface area contributed by atoms with Gasteiger partial charge in [0.2, 0.25) is 0 Å². The molecule has 1 aliphatic heterocycles. The van der Waals surface area contributed by atoms with Crippen LogP contribution in [-0.2, 0) is 0 Å². The molecule has 1 atom stereocenters. The van der Waals surface area contributed by atoms with Crippen molar-refractivity contribution in [2.75, 3.05) is 18.1 Å². The molecule has 1 aromatic carbocycles. The molecular weight excluding hydrogens is 214 g/mol. The highest BCUT2D eigenvalue weighted by Crippen LogP contribution is 2.32. The van der Waals surface area contributed by atoms with Crippen LogP contribution in [0.1, 0.15) is 19.8 Å². The van der Waals surface area contributed by atoms with Gasteiger partial charge in [0.15, 0.2) is 0 Å². The third-order valence-electron chi connectivity index (χ3n) is 3.10. The van der Waals surface area contributed by atoms with Gasteiger partial charge < -0.3 is 15.4 Å². The molecule has 1 heterocycles. The van der Waals surface area contributed by atoms with Crippen LogP contribution in [0.2, 0.25) is 0 Å². The Hall–Kier alpha value is -1.71. The van der Waals surface area contributed by atoms with Gasteiger partial charge in [0.05, 0.1) is 18.3 Å². The van der Waals surface area contributed by atoms with Crippen molar-refractivity contribution >= 4 is 11.5 Å². The van der Waals surface area contributed by atoms with E-state index < -0.39 is 0 Å². The number of nitrogens with one attached hydrogen (secondary N) is 1. The number of para-hydroxylation sites is 2. The Bertz CT molecular complexity index is 405. The van der Waals surface area contributed by atoms with Crippen LogP contribution in [0, 0.1) is 5.41 Å². The van der Waals surface area contributed by atoms with Gasteiger partial charge >= 0.3 is 0 Å². The molecule has 1 aromatic rings. The lowest BCUT2D eigenvalue weighted by Crippen LogP contribution is -2.44. The van der Waals surface area contributed by atoms with E-state index in [1.807, 2.05) is 24.3 Å². The molecule has 17 heavy (non-hydrogen) atoms. The average Bonchev–Trinajstić information content (AvgIpc) is 2.53. The van der Waals surface area contributed by atoms with E-state index in [2.05, 4.69) is 11.8 Å². The average molecular weight is 233 g/mol. The summed E-state index contributed by atoms with van der Waals surface area (Å²) in [4.78, 5) is 2.19. The first-order chi connectivity index (χ1) is 8.24. The Labute approximate surface area is 102 Å². The molecule has 0 amide bonds. The van der Waals surface area contributed by atoms with Crippen molar-refractivity contribution in [3.8, 4) is 5.75 Å². The molecule has 1 unspecified atom stereocenters. The van der Waals surface area contributed by atoms with Gasteiger partial charge in [-0.3, -0.25) is 5.41 Å². The Balaban J connectivity index is 2.37. The molecule has 0 bridgehead atoms. The quantitative estimate of drug-likeness (QED) is 0.620. The second-order valence-electron chi connectivity index (χ2n) is 4.24. The van der Waals surface area contributed by atoms with Crippen LogP contribution < -0.4 is 15.4 Å². The van der Waals surface area contributed by atoms with Gasteiger partial charge in [-0.15, -0.1) is 0 Å². The predicted octanol–water partition coefficient (Wildman–Crippen LogP) is 1.99. The fraction of sp³-hybridized carbons (Fsp3) is 0.462. The third kappa shape index (κ3) is 2.35. The zero-order chi connectivity index (χ0) is 12.3. The zero-order valence-corrected chi connectivity index (χ0v) is 10.1. The maximum atomic E-state index is 7.70. The fourth-order valence-electron chi connectivity index (χ4n) is 2.29. The van der Waals surface area contributed by atoms with E-state index in [-0.39, 0.29) is 11.9 Å². The lowest BCUT2D eigenvalue weighted by molar-refractivity contribution is 0.322. The molecular formula is C13H19N3O. The minimum Gasteiger partial charge on any atom is -0.491 e. The smallest absolute Gasteiger partial charge is 0.142 e. The number of hydrogen-bond acceptors (Lipinski definition) is 3. The van der Waals surface area contributed by atoms with Crippen molar-refractivity contribution in [3.63, 3.8) is 0 Å². The lowest BCUT2D eigenvalue weighted by atomic mass is 10.1. The summed E-state index contributed by atoms with van der Waals surface area (Å²) in [5, 5.41) is 7.70. The van der Waals surface area contributed by atoms with Gasteiger partial charge in [-0.1, -0.05) is 19.1 Å². The summed E-state index contributed by atoms with van der Waals surface area (Å²) >= 11 is 0. The van der Waals surface area contributed by atoms with Gasteiger partial charge in [-0.25, -0.2) is 0 Å². The molecule has 0 saturated heterocycles. The molecule has 3 N–H and O–H groups in total. The first kappa shape index (κ1) is 11.8. The molecule has 0 saturated carbocycles. The second-order valence-corrected chi connectivity index (χ2v) is 4.24. The number of hydrogen-bond donors (Lipinski definition) is 2. The summed E-state index contributed by atoms with van der Waals surface area (Å²) < 4.78 is 5.70. The molecule has 0 spiro atoms. The standard InChI is InChI=1S/C13H19N3O/c1-2-10(13(14)15)16-8-5-9-17-12-7-4-3-6-11(12)16/h3-4,6-7,10H,2,5,8-9H2,1H3,(H3,14,15). The van der Waals surface area contributed by atoms with Gasteiger partial charge in [-0.2, -0.15) is 0 Å². The van der Waals surface area contributed by atoms with Gasteiger partial charge in [-0.05, 0) is 25.0 Å². The Kier molecular flexibility index (Phi) is 3.52. The fourth-order valence-corrected chi connectivity index (χ4v) is 2.29. The monoisotopic (exact) mass is 233 g/mol. The first-order valence-corrected chi connectivity index (χ1v) is 6.06. The van der Waals surface area contributed by atoms with Crippen LogP contribution in [0.15, 0.2) is 24.3 Å². The highest BCUT2D eigenvalue weighted by atomic mass is 16.5. The summed E-state index contributed by atoms with van der Waals surface area (Å²) in [6, 6.07) is 7.94. The lowest BCUT2D eigenvalue weighted by Gasteiger charge is -2.31. The Morgan fingerprint density at radius 2 is 2.29 bits per heavy atom. The maximum absolute atomic E-state index is 7.70. The molecule has 4 nitrogen and oxygen atoms in total. The normalized spacial score (nSPS) is 16.6. The number of amidine groups is 1. The highest BCUT2D eigenvalue weighted by Gasteiger charge is 2.24. The summed E-state index contributed by atoms with van der Waals surface area (Å²) in [5.74, 6) is 1.12. The second kappa shape index (κ2) is 5.08. The molecule has 0 aliphatic carbocycles. The van der Waals surface area contributed by atoms with E-state index in [4.69, 9.17) is 15.9 Å². The minimum absolute atomic E-state index is 0.0298. The molecule has 0 radical (unpaired) electrons. The highest BCUT2D eigenvalue weighted by molar-refractivity contribution is 5.86. The van der Waals surface area contributed by atoms with E-state index in [0.29, 0.717) is 0 Å². The van der Waals surface area contributed by atoms with Crippen LogP contribution in [0.5, 0.6) is 5.75 Å². The van der Waals surface area contributed by atoms with Gasteiger partial charge in [0.25, 0.3) is 0 Å². The number of rotatable bonds is 3. The minimum atomic E-state index is -0.0298. The first-order valence-electron chi connectivity index (χ1n) is 6.06. The van der Waals surface area contributed by atoms with Crippen LogP contribution in [0.3, 0.4) is 0 Å². The van der Waals surface area contributed by atoms with Gasteiger partial charge in [0.1, 0.15) is 11.6 Å².